The highest BCUT2D eigenvalue weighted by Crippen LogP contribution is 2.13. The van der Waals surface area contributed by atoms with Gasteiger partial charge in [0.05, 0.1) is 4.90 Å². The van der Waals surface area contributed by atoms with Gasteiger partial charge >= 0.3 is 5.97 Å². The fourth-order valence-electron chi connectivity index (χ4n) is 1.86. The molecule has 1 aromatic rings. The fraction of sp³-hybridized carbons (Fsp3) is 0.429. The minimum Gasteiger partial charge on any atom is -0.480 e. The maximum Gasteiger partial charge on any atom is 0.321 e. The van der Waals surface area contributed by atoms with Crippen LogP contribution in [0, 0.1) is 5.92 Å². The minimum atomic E-state index is -3.96. The van der Waals surface area contributed by atoms with E-state index in [9.17, 15) is 18.0 Å². The second-order valence-electron chi connectivity index (χ2n) is 5.25. The molecule has 0 aliphatic heterocycles. The summed E-state index contributed by atoms with van der Waals surface area (Å²) in [5.41, 5.74) is 0.318. The monoisotopic (exact) mass is 328 g/mol. The van der Waals surface area contributed by atoms with Crippen LogP contribution < -0.4 is 10.0 Å². The van der Waals surface area contributed by atoms with Gasteiger partial charge in [0.1, 0.15) is 6.04 Å². The molecule has 1 atom stereocenters. The Morgan fingerprint density at radius 3 is 2.14 bits per heavy atom. The van der Waals surface area contributed by atoms with E-state index in [4.69, 9.17) is 5.11 Å². The van der Waals surface area contributed by atoms with Crippen LogP contribution in [0.15, 0.2) is 29.2 Å². The molecule has 0 aliphatic rings. The van der Waals surface area contributed by atoms with Crippen LogP contribution in [0.3, 0.4) is 0 Å². The number of amides is 1. The van der Waals surface area contributed by atoms with Gasteiger partial charge in [0.15, 0.2) is 0 Å². The summed E-state index contributed by atoms with van der Waals surface area (Å²) in [4.78, 5) is 22.5. The third-order valence-corrected chi connectivity index (χ3v) is 4.44. The number of aliphatic carboxylic acids is 1. The van der Waals surface area contributed by atoms with Crippen LogP contribution in [0.5, 0.6) is 0 Å². The molecule has 0 radical (unpaired) electrons. The van der Waals surface area contributed by atoms with E-state index in [1.54, 1.807) is 0 Å². The van der Waals surface area contributed by atoms with E-state index in [0.29, 0.717) is 5.56 Å². The van der Waals surface area contributed by atoms with Gasteiger partial charge in [-0.1, -0.05) is 13.8 Å². The van der Waals surface area contributed by atoms with Crippen molar-refractivity contribution in [3.63, 3.8) is 0 Å². The topological polar surface area (TPSA) is 113 Å². The van der Waals surface area contributed by atoms with E-state index in [2.05, 4.69) is 10.0 Å². The summed E-state index contributed by atoms with van der Waals surface area (Å²) in [5, 5.41) is 11.5. The largest absolute Gasteiger partial charge is 0.480 e. The first kappa shape index (κ1) is 18.1. The van der Waals surface area contributed by atoms with Crippen molar-refractivity contribution >= 4 is 21.9 Å². The van der Waals surface area contributed by atoms with Crippen LogP contribution in [-0.4, -0.2) is 38.5 Å². The van der Waals surface area contributed by atoms with Gasteiger partial charge in [0, 0.05) is 12.6 Å². The highest BCUT2D eigenvalue weighted by molar-refractivity contribution is 7.89. The Bertz CT molecular complexity index is 638. The molecule has 0 unspecified atom stereocenters. The van der Waals surface area contributed by atoms with E-state index in [0.717, 1.165) is 0 Å². The molecule has 22 heavy (non-hydrogen) atoms. The molecule has 1 rings (SSSR count). The summed E-state index contributed by atoms with van der Waals surface area (Å²) in [7, 11) is -2.49. The maximum absolute atomic E-state index is 12.2. The number of carbonyl (C=O) groups is 2. The van der Waals surface area contributed by atoms with Crippen molar-refractivity contribution < 1.29 is 23.1 Å². The molecule has 1 aromatic carbocycles. The second kappa shape index (κ2) is 7.37. The van der Waals surface area contributed by atoms with Crippen LogP contribution in [-0.2, 0) is 14.8 Å². The first-order valence-electron chi connectivity index (χ1n) is 6.74. The normalized spacial score (nSPS) is 12.9. The molecule has 7 nitrogen and oxygen atoms in total. The second-order valence-corrected chi connectivity index (χ2v) is 6.96. The van der Waals surface area contributed by atoms with E-state index in [-0.39, 0.29) is 23.1 Å². The Kier molecular flexibility index (Phi) is 6.07. The lowest BCUT2D eigenvalue weighted by Crippen LogP contribution is -2.41. The number of benzene rings is 1. The van der Waals surface area contributed by atoms with Gasteiger partial charge in [-0.3, -0.25) is 9.59 Å². The number of carbonyl (C=O) groups excluding carboxylic acids is 1. The molecular weight excluding hydrogens is 308 g/mol. The summed E-state index contributed by atoms with van der Waals surface area (Å²) in [6.45, 7) is 3.62. The summed E-state index contributed by atoms with van der Waals surface area (Å²) in [6, 6.07) is 4.07. The lowest BCUT2D eigenvalue weighted by Gasteiger charge is -2.16. The van der Waals surface area contributed by atoms with Gasteiger partial charge in [-0.25, -0.2) is 8.42 Å². The van der Waals surface area contributed by atoms with Crippen molar-refractivity contribution in [2.75, 3.05) is 7.05 Å². The number of carboxylic acids is 1. The third-order valence-electron chi connectivity index (χ3n) is 2.96. The van der Waals surface area contributed by atoms with Crippen molar-refractivity contribution in [1.82, 2.24) is 10.0 Å². The fourth-order valence-corrected chi connectivity index (χ4v) is 3.06. The van der Waals surface area contributed by atoms with Crippen LogP contribution in [0.25, 0.3) is 0 Å². The molecule has 0 heterocycles. The molecule has 0 spiro atoms. The van der Waals surface area contributed by atoms with Crippen molar-refractivity contribution in [1.29, 1.82) is 0 Å². The Labute approximate surface area is 129 Å². The smallest absolute Gasteiger partial charge is 0.321 e. The van der Waals surface area contributed by atoms with Crippen LogP contribution >= 0.6 is 0 Å². The molecule has 122 valence electrons. The summed E-state index contributed by atoms with van der Waals surface area (Å²) in [5.74, 6) is -1.53. The van der Waals surface area contributed by atoms with Gasteiger partial charge in [-0.15, -0.1) is 0 Å². The van der Waals surface area contributed by atoms with Crippen molar-refractivity contribution in [2.24, 2.45) is 5.92 Å². The van der Waals surface area contributed by atoms with Crippen molar-refractivity contribution in [2.45, 2.75) is 31.2 Å². The lowest BCUT2D eigenvalue weighted by atomic mass is 10.1. The molecule has 0 fully saturated rings. The van der Waals surface area contributed by atoms with E-state index >= 15 is 0 Å². The summed E-state index contributed by atoms with van der Waals surface area (Å²) >= 11 is 0. The van der Waals surface area contributed by atoms with Crippen molar-refractivity contribution in [3.05, 3.63) is 29.8 Å². The summed E-state index contributed by atoms with van der Waals surface area (Å²) < 4.78 is 26.6. The molecular formula is C14H20N2O5S. The number of hydrogen-bond donors (Lipinski definition) is 3. The number of carboxylic acid groups (broad SMARTS) is 1. The molecule has 0 bridgehead atoms. The molecule has 0 aromatic heterocycles. The first-order valence-corrected chi connectivity index (χ1v) is 8.23. The van der Waals surface area contributed by atoms with Crippen LogP contribution in [0.2, 0.25) is 0 Å². The number of nitrogens with one attached hydrogen (secondary N) is 2. The van der Waals surface area contributed by atoms with Gasteiger partial charge in [0.2, 0.25) is 10.0 Å². The highest BCUT2D eigenvalue weighted by Gasteiger charge is 2.26. The maximum atomic E-state index is 12.2. The van der Waals surface area contributed by atoms with E-state index in [1.165, 1.54) is 31.3 Å². The average molecular weight is 328 g/mol. The first-order chi connectivity index (χ1) is 10.2. The molecule has 0 aliphatic carbocycles. The molecule has 0 saturated heterocycles. The average Bonchev–Trinajstić information content (AvgIpc) is 2.45. The van der Waals surface area contributed by atoms with Crippen LogP contribution in [0.1, 0.15) is 30.6 Å². The van der Waals surface area contributed by atoms with E-state index < -0.39 is 22.0 Å². The van der Waals surface area contributed by atoms with Gasteiger partial charge in [-0.05, 0) is 36.6 Å². The zero-order chi connectivity index (χ0) is 16.9. The zero-order valence-electron chi connectivity index (χ0n) is 12.7. The predicted molar refractivity (Wildman–Crippen MR) is 81.0 cm³/mol. The van der Waals surface area contributed by atoms with Crippen LogP contribution in [0.4, 0.5) is 0 Å². The predicted octanol–water partition coefficient (Wildman–Crippen LogP) is 0.824. The molecule has 0 saturated carbocycles. The van der Waals surface area contributed by atoms with Gasteiger partial charge < -0.3 is 10.4 Å². The quantitative estimate of drug-likeness (QED) is 0.686. The number of rotatable bonds is 7. The molecule has 8 heteroatoms. The Balaban J connectivity index is 2.98. The molecule has 1 amide bonds. The zero-order valence-corrected chi connectivity index (χ0v) is 13.5. The minimum absolute atomic E-state index is 0.0272. The standard InChI is InChI=1S/C14H20N2O5S/c1-9(2)8-12(14(18)19)16-22(20,21)11-6-4-10(5-7-11)13(17)15-3/h4-7,9,12,16H,8H2,1-3H3,(H,15,17)(H,18,19)/t12-/m1/s1. The Hall–Kier alpha value is -1.93. The lowest BCUT2D eigenvalue weighted by molar-refractivity contribution is -0.139. The highest BCUT2D eigenvalue weighted by atomic mass is 32.2. The Morgan fingerprint density at radius 1 is 1.18 bits per heavy atom. The SMILES string of the molecule is CNC(=O)c1ccc(S(=O)(=O)N[C@H](CC(C)C)C(=O)O)cc1. The summed E-state index contributed by atoms with van der Waals surface area (Å²) in [6.07, 6.45) is 0.185. The van der Waals surface area contributed by atoms with Crippen molar-refractivity contribution in [3.8, 4) is 0 Å². The molecule has 3 N–H and O–H groups in total. The van der Waals surface area contributed by atoms with Gasteiger partial charge in [0.25, 0.3) is 5.91 Å². The number of hydrogen-bond acceptors (Lipinski definition) is 4. The number of sulfonamides is 1. The Morgan fingerprint density at radius 2 is 1.73 bits per heavy atom. The van der Waals surface area contributed by atoms with E-state index in [1.807, 2.05) is 13.8 Å². The van der Waals surface area contributed by atoms with Gasteiger partial charge in [-0.2, -0.15) is 4.72 Å². The third kappa shape index (κ3) is 4.81.